The van der Waals surface area contributed by atoms with Crippen LogP contribution in [0.15, 0.2) is 12.1 Å². The van der Waals surface area contributed by atoms with Crippen LogP contribution in [0.3, 0.4) is 0 Å². The van der Waals surface area contributed by atoms with E-state index in [4.69, 9.17) is 9.47 Å². The van der Waals surface area contributed by atoms with Crippen molar-refractivity contribution in [2.75, 3.05) is 13.7 Å². The van der Waals surface area contributed by atoms with E-state index in [2.05, 4.69) is 17.6 Å². The van der Waals surface area contributed by atoms with E-state index in [0.717, 1.165) is 44.6 Å². The third-order valence-corrected chi connectivity index (χ3v) is 10.4. The molecule has 5 saturated carbocycles. The fourth-order valence-corrected chi connectivity index (χ4v) is 7.35. The van der Waals surface area contributed by atoms with Crippen LogP contribution < -0.4 is 20.1 Å². The number of hydrogen-bond donors (Lipinski definition) is 3. The van der Waals surface area contributed by atoms with E-state index in [1.807, 2.05) is 0 Å². The molecule has 2 atom stereocenters. The first kappa shape index (κ1) is 28.7. The summed E-state index contributed by atoms with van der Waals surface area (Å²) in [5.74, 6) is -1.64. The summed E-state index contributed by atoms with van der Waals surface area (Å²) in [5, 5.41) is 15.8. The summed E-state index contributed by atoms with van der Waals surface area (Å²) >= 11 is 0. The number of carbonyl (C=O) groups is 3. The summed E-state index contributed by atoms with van der Waals surface area (Å²) in [4.78, 5) is 38.7. The highest BCUT2D eigenvalue weighted by Crippen LogP contribution is 2.46. The van der Waals surface area contributed by atoms with Crippen molar-refractivity contribution in [2.24, 2.45) is 28.6 Å². The topological polar surface area (TPSA) is 114 Å². The minimum Gasteiger partial charge on any atom is -0.496 e. The third kappa shape index (κ3) is 5.66. The molecule has 1 aromatic carbocycles. The molecule has 40 heavy (non-hydrogen) atoms. The van der Waals surface area contributed by atoms with Crippen molar-refractivity contribution in [1.82, 2.24) is 10.6 Å². The molecule has 5 aliphatic carbocycles. The molecule has 0 saturated heterocycles. The van der Waals surface area contributed by atoms with Crippen molar-refractivity contribution in [3.05, 3.63) is 23.5 Å². The Morgan fingerprint density at radius 3 is 2.20 bits per heavy atom. The summed E-state index contributed by atoms with van der Waals surface area (Å²) in [6, 6.07) is 2.24. The van der Waals surface area contributed by atoms with Crippen molar-refractivity contribution < 1.29 is 33.4 Å². The molecule has 0 radical (unpaired) electrons. The Hall–Kier alpha value is -2.84. The van der Waals surface area contributed by atoms with Crippen LogP contribution in [-0.2, 0) is 9.59 Å². The Morgan fingerprint density at radius 2 is 1.62 bits per heavy atom. The number of rotatable bonds is 9. The highest BCUT2D eigenvalue weighted by Gasteiger charge is 2.48. The van der Waals surface area contributed by atoms with E-state index >= 15 is 0 Å². The van der Waals surface area contributed by atoms with Crippen LogP contribution in [0.1, 0.15) is 94.8 Å². The number of halogens is 1. The largest absolute Gasteiger partial charge is 0.496 e. The number of carboxylic acid groups (broad SMARTS) is 1. The first-order valence-corrected chi connectivity index (χ1v) is 14.9. The second kappa shape index (κ2) is 11.2. The molecule has 3 N–H and O–H groups in total. The summed E-state index contributed by atoms with van der Waals surface area (Å²) < 4.78 is 26.3. The van der Waals surface area contributed by atoms with Crippen molar-refractivity contribution in [1.29, 1.82) is 0 Å². The van der Waals surface area contributed by atoms with Gasteiger partial charge in [-0.15, -0.1) is 0 Å². The number of aliphatic carboxylic acids is 1. The van der Waals surface area contributed by atoms with Crippen LogP contribution in [0.2, 0.25) is 0 Å². The average Bonchev–Trinajstić information content (AvgIpc) is 2.93. The number of nitrogens with one attached hydrogen (secondary N) is 2. The summed E-state index contributed by atoms with van der Waals surface area (Å²) in [7, 11) is 1.39. The fraction of sp³-hybridized carbons (Fsp3) is 0.710. The average molecular weight is 559 g/mol. The molecule has 1 aromatic rings. The van der Waals surface area contributed by atoms with Gasteiger partial charge in [0, 0.05) is 18.7 Å². The summed E-state index contributed by atoms with van der Waals surface area (Å²) in [5.41, 5.74) is -0.473. The number of ether oxygens (including phenoxy) is 2. The molecule has 0 spiro atoms. The van der Waals surface area contributed by atoms with Crippen LogP contribution in [0.4, 0.5) is 4.39 Å². The zero-order chi connectivity index (χ0) is 28.7. The second-order valence-corrected chi connectivity index (χ2v) is 13.2. The lowest BCUT2D eigenvalue weighted by molar-refractivity contribution is -0.150. The molecule has 0 aliphatic heterocycles. The minimum atomic E-state index is -0.832. The van der Waals surface area contributed by atoms with Crippen molar-refractivity contribution in [3.8, 4) is 11.5 Å². The van der Waals surface area contributed by atoms with E-state index in [1.54, 1.807) is 6.92 Å². The quantitative estimate of drug-likeness (QED) is 0.389. The zero-order valence-electron chi connectivity index (χ0n) is 23.9. The van der Waals surface area contributed by atoms with Gasteiger partial charge in [-0.25, -0.2) is 4.39 Å². The van der Waals surface area contributed by atoms with Gasteiger partial charge >= 0.3 is 5.97 Å². The zero-order valence-corrected chi connectivity index (χ0v) is 23.9. The minimum absolute atomic E-state index is 0.0218. The number of carbonyl (C=O) groups excluding carboxylic acids is 2. The van der Waals surface area contributed by atoms with Crippen LogP contribution in [-0.4, -0.2) is 48.7 Å². The number of benzene rings is 1. The van der Waals surface area contributed by atoms with E-state index < -0.39 is 23.1 Å². The van der Waals surface area contributed by atoms with Gasteiger partial charge in [-0.1, -0.05) is 13.3 Å². The van der Waals surface area contributed by atoms with Gasteiger partial charge in [0.25, 0.3) is 5.91 Å². The van der Waals surface area contributed by atoms with E-state index in [9.17, 15) is 23.9 Å². The first-order chi connectivity index (χ1) is 19.0. The van der Waals surface area contributed by atoms with Gasteiger partial charge in [0.15, 0.2) is 11.6 Å². The van der Waals surface area contributed by atoms with Gasteiger partial charge in [-0.2, -0.15) is 0 Å². The van der Waals surface area contributed by atoms with Gasteiger partial charge in [-0.3, -0.25) is 14.4 Å². The van der Waals surface area contributed by atoms with Gasteiger partial charge < -0.3 is 25.2 Å². The molecule has 0 aromatic heterocycles. The van der Waals surface area contributed by atoms with Gasteiger partial charge in [0.05, 0.1) is 30.1 Å². The SMILES string of the molecule is COc1cc(F)c(OC2CCC(C)(C(=O)O)CC2)cc1C(=O)N[C@H]1C2CCC(CC2)C1C(=O)NCC1(C)CCC1. The maximum absolute atomic E-state index is 15.0. The van der Waals surface area contributed by atoms with Gasteiger partial charge in [0.2, 0.25) is 5.91 Å². The Balaban J connectivity index is 1.30. The van der Waals surface area contributed by atoms with E-state index in [0.29, 0.717) is 32.2 Å². The third-order valence-electron chi connectivity index (χ3n) is 10.4. The monoisotopic (exact) mass is 558 g/mol. The van der Waals surface area contributed by atoms with Gasteiger partial charge in [0.1, 0.15) is 5.75 Å². The fourth-order valence-electron chi connectivity index (χ4n) is 7.35. The Labute approximate surface area is 235 Å². The Kier molecular flexibility index (Phi) is 8.03. The lowest BCUT2D eigenvalue weighted by Gasteiger charge is -2.48. The second-order valence-electron chi connectivity index (χ2n) is 13.2. The number of amides is 2. The molecule has 6 rings (SSSR count). The normalized spacial score (nSPS) is 32.5. The van der Waals surface area contributed by atoms with Crippen molar-refractivity contribution >= 4 is 17.8 Å². The highest BCUT2D eigenvalue weighted by molar-refractivity contribution is 5.98. The maximum atomic E-state index is 15.0. The molecule has 1 unspecified atom stereocenters. The molecule has 9 heteroatoms. The molecular weight excluding hydrogens is 515 g/mol. The van der Waals surface area contributed by atoms with E-state index in [-0.39, 0.29) is 58.3 Å². The number of carboxylic acids is 1. The molecule has 8 nitrogen and oxygen atoms in total. The molecular formula is C31H43FN2O6. The predicted octanol–water partition coefficient (Wildman–Crippen LogP) is 5.09. The van der Waals surface area contributed by atoms with Crippen LogP contribution in [0, 0.1) is 34.4 Å². The standard InChI is InChI=1S/C31H43FN2O6/c1-30(11-4-12-30)17-33-28(36)25-18-5-7-19(8-6-18)26(25)34-27(35)21-15-24(22(32)16-23(21)39-3)40-20-9-13-31(2,14-10-20)29(37)38/h15-16,18-20,25-26H,4-14,17H2,1-3H3,(H,33,36)(H,34,35)(H,37,38)/t18?,19?,20?,25?,26-,31?/m0/s1. The van der Waals surface area contributed by atoms with Crippen LogP contribution in [0.25, 0.3) is 0 Å². The lowest BCUT2D eigenvalue weighted by atomic mass is 9.61. The number of methoxy groups -OCH3 is 1. The summed E-state index contributed by atoms with van der Waals surface area (Å²) in [6.45, 7) is 4.60. The lowest BCUT2D eigenvalue weighted by Crippen LogP contribution is -2.58. The molecule has 2 amide bonds. The maximum Gasteiger partial charge on any atom is 0.309 e. The molecule has 220 valence electrons. The molecule has 5 aliphatic rings. The smallest absolute Gasteiger partial charge is 0.309 e. The Morgan fingerprint density at radius 1 is 0.975 bits per heavy atom. The summed E-state index contributed by atoms with van der Waals surface area (Å²) in [6.07, 6.45) is 8.88. The predicted molar refractivity (Wildman–Crippen MR) is 147 cm³/mol. The number of hydrogen-bond acceptors (Lipinski definition) is 5. The van der Waals surface area contributed by atoms with Crippen LogP contribution in [0.5, 0.6) is 11.5 Å². The number of fused-ring (bicyclic) bond motifs is 3. The van der Waals surface area contributed by atoms with Crippen molar-refractivity contribution in [3.63, 3.8) is 0 Å². The molecule has 5 fully saturated rings. The molecule has 0 heterocycles. The van der Waals surface area contributed by atoms with Crippen molar-refractivity contribution in [2.45, 2.75) is 96.6 Å². The molecule has 2 bridgehead atoms. The highest BCUT2D eigenvalue weighted by atomic mass is 19.1. The first-order valence-electron chi connectivity index (χ1n) is 14.9. The van der Waals surface area contributed by atoms with E-state index in [1.165, 1.54) is 19.6 Å². The Bertz CT molecular complexity index is 1130. The van der Waals surface area contributed by atoms with Gasteiger partial charge in [-0.05, 0) is 94.4 Å². The van der Waals surface area contributed by atoms with Crippen LogP contribution >= 0.6 is 0 Å².